The van der Waals surface area contributed by atoms with Crippen molar-refractivity contribution >= 4 is 17.9 Å². The van der Waals surface area contributed by atoms with Crippen LogP contribution in [0, 0.1) is 5.92 Å². The Kier molecular flexibility index (Phi) is 5.93. The molecule has 0 radical (unpaired) electrons. The van der Waals surface area contributed by atoms with Crippen LogP contribution in [0.3, 0.4) is 0 Å². The van der Waals surface area contributed by atoms with Crippen molar-refractivity contribution < 1.29 is 24.6 Å². The van der Waals surface area contributed by atoms with Crippen molar-refractivity contribution in [3.63, 3.8) is 0 Å². The fourth-order valence-electron chi connectivity index (χ4n) is 3.32. The van der Waals surface area contributed by atoms with Gasteiger partial charge in [-0.1, -0.05) is 12.1 Å². The maximum Gasteiger partial charge on any atom is 0.335 e. The molecule has 3 N–H and O–H groups in total. The fraction of sp³-hybridized carbons (Fsp3) is 0.286. The van der Waals surface area contributed by atoms with E-state index >= 15 is 0 Å². The summed E-state index contributed by atoms with van der Waals surface area (Å²) in [4.78, 5) is 36.9. The Hall–Kier alpha value is -3.35. The molecule has 3 rings (SSSR count). The zero-order valence-corrected chi connectivity index (χ0v) is 15.3. The number of phenols is 1. The highest BCUT2D eigenvalue weighted by molar-refractivity contribution is 6.04. The number of carboxylic acids is 1. The number of aromatic carboxylic acids is 1. The van der Waals surface area contributed by atoms with E-state index in [9.17, 15) is 19.5 Å². The molecule has 0 aliphatic carbocycles. The van der Waals surface area contributed by atoms with Crippen LogP contribution in [0.4, 0.5) is 4.79 Å². The molecule has 0 unspecified atom stereocenters. The van der Waals surface area contributed by atoms with E-state index in [-0.39, 0.29) is 11.3 Å². The molecule has 28 heavy (non-hydrogen) atoms. The first-order valence-electron chi connectivity index (χ1n) is 9.14. The van der Waals surface area contributed by atoms with Gasteiger partial charge in [-0.25, -0.2) is 9.59 Å². The van der Waals surface area contributed by atoms with Crippen LogP contribution >= 0.6 is 0 Å². The molecular weight excluding hydrogens is 360 g/mol. The molecular formula is C21H22N2O5. The molecule has 1 fully saturated rings. The van der Waals surface area contributed by atoms with Crippen LogP contribution in [-0.4, -0.2) is 46.1 Å². The van der Waals surface area contributed by atoms with Gasteiger partial charge in [0.15, 0.2) is 0 Å². The standard InChI is InChI=1S/C21H22N2O5/c24-18-7-5-16(6-8-18)19(25)22-21(28)23-11-9-15(10-12-23)13-14-1-3-17(4-2-14)20(26)27/h1-8,15,24H,9-13H2,(H,26,27)(H,22,25,28). The SMILES string of the molecule is O=C(O)c1ccc(CC2CCN(C(=O)NC(=O)c3ccc(O)cc3)CC2)cc1. The van der Waals surface area contributed by atoms with E-state index in [1.54, 1.807) is 17.0 Å². The van der Waals surface area contributed by atoms with Gasteiger partial charge in [-0.2, -0.15) is 0 Å². The molecule has 0 spiro atoms. The van der Waals surface area contributed by atoms with E-state index in [1.165, 1.54) is 24.3 Å². The largest absolute Gasteiger partial charge is 0.508 e. The van der Waals surface area contributed by atoms with Crippen molar-refractivity contribution in [2.75, 3.05) is 13.1 Å². The molecule has 2 aromatic carbocycles. The number of piperidine rings is 1. The van der Waals surface area contributed by atoms with E-state index in [0.29, 0.717) is 24.6 Å². The van der Waals surface area contributed by atoms with E-state index < -0.39 is 17.9 Å². The summed E-state index contributed by atoms with van der Waals surface area (Å²) >= 11 is 0. The summed E-state index contributed by atoms with van der Waals surface area (Å²) in [6.07, 6.45) is 2.48. The highest BCUT2D eigenvalue weighted by Crippen LogP contribution is 2.22. The number of imide groups is 1. The third-order valence-electron chi connectivity index (χ3n) is 4.98. The second kappa shape index (κ2) is 8.56. The Bertz CT molecular complexity index is 853. The number of carboxylic acid groups (broad SMARTS) is 1. The van der Waals surface area contributed by atoms with Crippen LogP contribution < -0.4 is 5.32 Å². The summed E-state index contributed by atoms with van der Waals surface area (Å²) in [5.41, 5.74) is 1.66. The van der Waals surface area contributed by atoms with Gasteiger partial charge in [0, 0.05) is 18.7 Å². The lowest BCUT2D eigenvalue weighted by Crippen LogP contribution is -2.46. The minimum atomic E-state index is -0.937. The molecule has 3 amide bonds. The lowest BCUT2D eigenvalue weighted by atomic mass is 9.90. The maximum absolute atomic E-state index is 12.3. The fourth-order valence-corrected chi connectivity index (χ4v) is 3.32. The number of phenolic OH excluding ortho intramolecular Hbond substituents is 1. The summed E-state index contributed by atoms with van der Waals surface area (Å²) in [5.74, 6) is -0.964. The zero-order valence-electron chi connectivity index (χ0n) is 15.3. The van der Waals surface area contributed by atoms with Crippen LogP contribution in [-0.2, 0) is 6.42 Å². The predicted molar refractivity (Wildman–Crippen MR) is 102 cm³/mol. The molecule has 1 heterocycles. The van der Waals surface area contributed by atoms with Crippen molar-refractivity contribution in [1.82, 2.24) is 10.2 Å². The molecule has 2 aromatic rings. The normalized spacial score (nSPS) is 14.5. The van der Waals surface area contributed by atoms with Gasteiger partial charge in [-0.05, 0) is 67.1 Å². The number of benzene rings is 2. The molecule has 146 valence electrons. The van der Waals surface area contributed by atoms with E-state index in [2.05, 4.69) is 5.32 Å². The lowest BCUT2D eigenvalue weighted by Gasteiger charge is -2.31. The van der Waals surface area contributed by atoms with Gasteiger partial charge in [0.1, 0.15) is 5.75 Å². The van der Waals surface area contributed by atoms with E-state index in [1.807, 2.05) is 12.1 Å². The molecule has 7 nitrogen and oxygen atoms in total. The van der Waals surface area contributed by atoms with Crippen LogP contribution in [0.2, 0.25) is 0 Å². The molecule has 0 saturated carbocycles. The van der Waals surface area contributed by atoms with Crippen molar-refractivity contribution in [3.05, 3.63) is 65.2 Å². The number of amides is 3. The third kappa shape index (κ3) is 4.88. The average Bonchev–Trinajstić information content (AvgIpc) is 2.69. The van der Waals surface area contributed by atoms with Crippen molar-refractivity contribution in [3.8, 4) is 5.75 Å². The minimum Gasteiger partial charge on any atom is -0.508 e. The number of nitrogens with one attached hydrogen (secondary N) is 1. The average molecular weight is 382 g/mol. The quantitative estimate of drug-likeness (QED) is 0.754. The highest BCUT2D eigenvalue weighted by atomic mass is 16.4. The number of hydrogen-bond acceptors (Lipinski definition) is 4. The summed E-state index contributed by atoms with van der Waals surface area (Å²) in [6, 6.07) is 12.2. The highest BCUT2D eigenvalue weighted by Gasteiger charge is 2.24. The number of carbonyl (C=O) groups excluding carboxylic acids is 2. The van der Waals surface area contributed by atoms with E-state index in [0.717, 1.165) is 24.8 Å². The lowest BCUT2D eigenvalue weighted by molar-refractivity contribution is 0.0696. The number of aromatic hydroxyl groups is 1. The van der Waals surface area contributed by atoms with E-state index in [4.69, 9.17) is 5.11 Å². The first kappa shape index (κ1) is 19.4. The minimum absolute atomic E-state index is 0.0579. The molecule has 1 aliphatic rings. The van der Waals surface area contributed by atoms with Crippen molar-refractivity contribution in [1.29, 1.82) is 0 Å². The predicted octanol–water partition coefficient (Wildman–Crippen LogP) is 2.89. The topological polar surface area (TPSA) is 107 Å². The smallest absolute Gasteiger partial charge is 0.335 e. The number of rotatable bonds is 4. The number of carbonyl (C=O) groups is 3. The number of hydrogen-bond donors (Lipinski definition) is 3. The second-order valence-electron chi connectivity index (χ2n) is 6.94. The van der Waals surface area contributed by atoms with Gasteiger partial charge in [-0.3, -0.25) is 10.1 Å². The number of nitrogens with zero attached hydrogens (tertiary/aromatic N) is 1. The van der Waals surface area contributed by atoms with Crippen molar-refractivity contribution in [2.45, 2.75) is 19.3 Å². The van der Waals surface area contributed by atoms with Gasteiger partial charge >= 0.3 is 12.0 Å². The Morgan fingerprint density at radius 2 is 1.50 bits per heavy atom. The summed E-state index contributed by atoms with van der Waals surface area (Å²) in [5, 5.41) is 20.6. The van der Waals surface area contributed by atoms with Gasteiger partial charge in [0.25, 0.3) is 5.91 Å². The Morgan fingerprint density at radius 1 is 0.929 bits per heavy atom. The first-order valence-corrected chi connectivity index (χ1v) is 9.14. The molecule has 1 aliphatic heterocycles. The van der Waals surface area contributed by atoms with Crippen LogP contribution in [0.5, 0.6) is 5.75 Å². The van der Waals surface area contributed by atoms with Crippen LogP contribution in [0.15, 0.2) is 48.5 Å². The maximum atomic E-state index is 12.3. The Balaban J connectivity index is 1.47. The van der Waals surface area contributed by atoms with Gasteiger partial charge < -0.3 is 15.1 Å². The molecule has 0 atom stereocenters. The zero-order chi connectivity index (χ0) is 20.1. The monoisotopic (exact) mass is 382 g/mol. The number of likely N-dealkylation sites (tertiary alicyclic amines) is 1. The Morgan fingerprint density at radius 3 is 2.07 bits per heavy atom. The summed E-state index contributed by atoms with van der Waals surface area (Å²) < 4.78 is 0. The van der Waals surface area contributed by atoms with Crippen LogP contribution in [0.1, 0.15) is 39.1 Å². The second-order valence-corrected chi connectivity index (χ2v) is 6.94. The molecule has 7 heteroatoms. The molecule has 0 aromatic heterocycles. The molecule has 1 saturated heterocycles. The van der Waals surface area contributed by atoms with Crippen LogP contribution in [0.25, 0.3) is 0 Å². The Labute approximate surface area is 162 Å². The summed E-state index contributed by atoms with van der Waals surface area (Å²) in [7, 11) is 0. The number of urea groups is 1. The third-order valence-corrected chi connectivity index (χ3v) is 4.98. The van der Waals surface area contributed by atoms with Gasteiger partial charge in [0.05, 0.1) is 5.56 Å². The summed E-state index contributed by atoms with van der Waals surface area (Å²) in [6.45, 7) is 1.12. The first-order chi connectivity index (χ1) is 13.4. The van der Waals surface area contributed by atoms with Gasteiger partial charge in [-0.15, -0.1) is 0 Å². The van der Waals surface area contributed by atoms with Gasteiger partial charge in [0.2, 0.25) is 0 Å². The molecule has 0 bridgehead atoms. The van der Waals surface area contributed by atoms with Crippen molar-refractivity contribution in [2.24, 2.45) is 5.92 Å².